The maximum absolute atomic E-state index is 12.3. The van der Waals surface area contributed by atoms with Gasteiger partial charge in [-0.15, -0.1) is 0 Å². The smallest absolute Gasteiger partial charge is 0.264 e. The zero-order chi connectivity index (χ0) is 14.9. The number of nitrogens with one attached hydrogen (secondary N) is 1. The molecule has 0 atom stereocenters. The van der Waals surface area contributed by atoms with Crippen LogP contribution in [-0.2, 0) is 10.0 Å². The van der Waals surface area contributed by atoms with E-state index in [1.807, 2.05) is 0 Å². The topological polar surface area (TPSA) is 85.1 Å². The molecule has 1 aromatic carbocycles. The van der Waals surface area contributed by atoms with Crippen molar-refractivity contribution < 1.29 is 8.42 Å². The standard InChI is InChI=1S/C11H8Br2ClN3O2S/c12-6-1-2-10(8(15)3-6)20(18,19)17-9-4-7(13)5-16-11(9)14/h1-5,17H,15H2. The number of nitrogens with zero attached hydrogens (tertiary/aromatic N) is 1. The second-order valence-corrected chi connectivity index (χ2v) is 7.62. The van der Waals surface area contributed by atoms with Crippen molar-refractivity contribution in [3.05, 3.63) is 44.6 Å². The summed E-state index contributed by atoms with van der Waals surface area (Å²) < 4.78 is 28.2. The lowest BCUT2D eigenvalue weighted by atomic mass is 10.3. The number of sulfonamides is 1. The minimum atomic E-state index is -3.84. The van der Waals surface area contributed by atoms with E-state index in [1.54, 1.807) is 6.07 Å². The van der Waals surface area contributed by atoms with Crippen molar-refractivity contribution in [3.8, 4) is 0 Å². The minimum Gasteiger partial charge on any atom is -0.398 e. The summed E-state index contributed by atoms with van der Waals surface area (Å²) in [4.78, 5) is 3.82. The van der Waals surface area contributed by atoms with Crippen LogP contribution in [0, 0.1) is 0 Å². The molecule has 0 spiro atoms. The summed E-state index contributed by atoms with van der Waals surface area (Å²) in [7, 11) is -3.84. The molecule has 0 amide bonds. The fraction of sp³-hybridized carbons (Fsp3) is 0. The van der Waals surface area contributed by atoms with E-state index in [1.165, 1.54) is 24.4 Å². The van der Waals surface area contributed by atoms with Gasteiger partial charge >= 0.3 is 0 Å². The summed E-state index contributed by atoms with van der Waals surface area (Å²) in [6.45, 7) is 0. The first-order chi connectivity index (χ1) is 9.29. The summed E-state index contributed by atoms with van der Waals surface area (Å²) >= 11 is 12.3. The van der Waals surface area contributed by atoms with Gasteiger partial charge in [-0.1, -0.05) is 27.5 Å². The first-order valence-electron chi connectivity index (χ1n) is 5.18. The van der Waals surface area contributed by atoms with Crippen LogP contribution in [0.25, 0.3) is 0 Å². The molecule has 2 aromatic rings. The summed E-state index contributed by atoms with van der Waals surface area (Å²) in [6.07, 6.45) is 1.47. The first-order valence-corrected chi connectivity index (χ1v) is 8.63. The van der Waals surface area contributed by atoms with E-state index in [0.717, 1.165) is 0 Å². The molecule has 5 nitrogen and oxygen atoms in total. The van der Waals surface area contributed by atoms with Crippen LogP contribution in [0.4, 0.5) is 11.4 Å². The zero-order valence-electron chi connectivity index (χ0n) is 9.77. The SMILES string of the molecule is Nc1cc(Br)ccc1S(=O)(=O)Nc1cc(Br)cnc1Cl. The summed E-state index contributed by atoms with van der Waals surface area (Å²) in [5.74, 6) is 0. The second kappa shape index (κ2) is 5.88. The monoisotopic (exact) mass is 439 g/mol. The third-order valence-corrected chi connectivity index (χ3v) is 4.98. The van der Waals surface area contributed by atoms with Crippen LogP contribution < -0.4 is 10.5 Å². The quantitative estimate of drug-likeness (QED) is 0.563. The van der Waals surface area contributed by atoms with Crippen molar-refractivity contribution in [2.75, 3.05) is 10.5 Å². The molecule has 0 aliphatic carbocycles. The van der Waals surface area contributed by atoms with Crippen molar-refractivity contribution in [1.82, 2.24) is 4.98 Å². The van der Waals surface area contributed by atoms with Crippen LogP contribution in [0.5, 0.6) is 0 Å². The van der Waals surface area contributed by atoms with Crippen LogP contribution in [-0.4, -0.2) is 13.4 Å². The summed E-state index contributed by atoms with van der Waals surface area (Å²) in [5, 5.41) is 0.0486. The molecule has 0 aliphatic heterocycles. The normalized spacial score (nSPS) is 11.3. The Hall–Kier alpha value is -0.830. The van der Waals surface area contributed by atoms with Gasteiger partial charge in [0.15, 0.2) is 5.15 Å². The number of nitrogen functional groups attached to an aromatic ring is 1. The van der Waals surface area contributed by atoms with Gasteiger partial charge in [-0.25, -0.2) is 13.4 Å². The van der Waals surface area contributed by atoms with Gasteiger partial charge in [-0.05, 0) is 40.2 Å². The van der Waals surface area contributed by atoms with Gasteiger partial charge in [0.05, 0.1) is 11.4 Å². The predicted molar refractivity (Wildman–Crippen MR) is 86.3 cm³/mol. The predicted octanol–water partition coefficient (Wildman–Crippen LogP) is 3.64. The van der Waals surface area contributed by atoms with E-state index >= 15 is 0 Å². The van der Waals surface area contributed by atoms with Crippen LogP contribution in [0.2, 0.25) is 5.15 Å². The Kier molecular flexibility index (Phi) is 4.58. The molecule has 0 bridgehead atoms. The van der Waals surface area contributed by atoms with Crippen molar-refractivity contribution in [2.45, 2.75) is 4.90 Å². The van der Waals surface area contributed by atoms with Gasteiger partial charge in [0.1, 0.15) is 4.90 Å². The highest BCUT2D eigenvalue weighted by Crippen LogP contribution is 2.28. The van der Waals surface area contributed by atoms with Crippen molar-refractivity contribution in [3.63, 3.8) is 0 Å². The molecule has 20 heavy (non-hydrogen) atoms. The Bertz CT molecular complexity index is 768. The molecule has 0 fully saturated rings. The van der Waals surface area contributed by atoms with Crippen LogP contribution in [0.3, 0.4) is 0 Å². The van der Waals surface area contributed by atoms with Crippen molar-refractivity contribution in [1.29, 1.82) is 0 Å². The molecule has 1 aromatic heterocycles. The number of hydrogen-bond donors (Lipinski definition) is 2. The third kappa shape index (κ3) is 3.43. The van der Waals surface area contributed by atoms with Gasteiger partial charge < -0.3 is 5.73 Å². The Labute approximate surface area is 137 Å². The molecule has 0 saturated heterocycles. The number of nitrogens with two attached hydrogens (primary N) is 1. The number of hydrogen-bond acceptors (Lipinski definition) is 4. The average Bonchev–Trinajstić information content (AvgIpc) is 2.33. The first kappa shape index (κ1) is 15.6. The largest absolute Gasteiger partial charge is 0.398 e. The van der Waals surface area contributed by atoms with Gasteiger partial charge in [0, 0.05) is 15.1 Å². The molecule has 1 heterocycles. The maximum atomic E-state index is 12.3. The maximum Gasteiger partial charge on any atom is 0.264 e. The van der Waals surface area contributed by atoms with E-state index in [4.69, 9.17) is 17.3 Å². The molecule has 0 saturated carbocycles. The number of halogens is 3. The minimum absolute atomic E-state index is 0.0308. The number of benzene rings is 1. The third-order valence-electron chi connectivity index (χ3n) is 2.31. The molecule has 0 radical (unpaired) electrons. The highest BCUT2D eigenvalue weighted by atomic mass is 79.9. The molecule has 3 N–H and O–H groups in total. The second-order valence-electron chi connectivity index (χ2n) is 3.78. The molecule has 106 valence electrons. The van der Waals surface area contributed by atoms with Gasteiger partial charge in [0.2, 0.25) is 0 Å². The van der Waals surface area contributed by atoms with Gasteiger partial charge in [0.25, 0.3) is 10.0 Å². The zero-order valence-corrected chi connectivity index (χ0v) is 14.5. The van der Waals surface area contributed by atoms with E-state index in [0.29, 0.717) is 8.95 Å². The van der Waals surface area contributed by atoms with E-state index in [2.05, 4.69) is 41.6 Å². The Balaban J connectivity index is 2.43. The molecule has 0 unspecified atom stereocenters. The summed E-state index contributed by atoms with van der Waals surface area (Å²) in [6, 6.07) is 6.02. The summed E-state index contributed by atoms with van der Waals surface area (Å²) in [5.41, 5.74) is 6.02. The number of pyridine rings is 1. The fourth-order valence-corrected chi connectivity index (χ4v) is 3.55. The highest BCUT2D eigenvalue weighted by Gasteiger charge is 2.19. The Morgan fingerprint density at radius 1 is 1.20 bits per heavy atom. The highest BCUT2D eigenvalue weighted by molar-refractivity contribution is 9.10. The average molecular weight is 442 g/mol. The molecular weight excluding hydrogens is 433 g/mol. The number of aromatic nitrogens is 1. The Morgan fingerprint density at radius 3 is 2.55 bits per heavy atom. The van der Waals surface area contributed by atoms with E-state index in [9.17, 15) is 8.42 Å². The molecule has 2 rings (SSSR count). The molecule has 9 heteroatoms. The lowest BCUT2D eigenvalue weighted by molar-refractivity contribution is 0.601. The molecule has 0 aliphatic rings. The lowest BCUT2D eigenvalue weighted by Crippen LogP contribution is -2.15. The van der Waals surface area contributed by atoms with Crippen molar-refractivity contribution in [2.24, 2.45) is 0 Å². The lowest BCUT2D eigenvalue weighted by Gasteiger charge is -2.11. The number of rotatable bonds is 3. The van der Waals surface area contributed by atoms with Crippen LogP contribution >= 0.6 is 43.5 Å². The van der Waals surface area contributed by atoms with Crippen molar-refractivity contribution >= 4 is 64.9 Å². The Morgan fingerprint density at radius 2 is 1.90 bits per heavy atom. The van der Waals surface area contributed by atoms with Gasteiger partial charge in [-0.3, -0.25) is 4.72 Å². The van der Waals surface area contributed by atoms with E-state index < -0.39 is 10.0 Å². The van der Waals surface area contributed by atoms with Crippen LogP contribution in [0.1, 0.15) is 0 Å². The fourth-order valence-electron chi connectivity index (χ4n) is 1.46. The number of anilines is 2. The van der Waals surface area contributed by atoms with E-state index in [-0.39, 0.29) is 21.4 Å². The molecular formula is C11H8Br2ClN3O2S. The van der Waals surface area contributed by atoms with Crippen LogP contribution in [0.15, 0.2) is 44.3 Å². The van der Waals surface area contributed by atoms with Gasteiger partial charge in [-0.2, -0.15) is 0 Å².